The van der Waals surface area contributed by atoms with Crippen LogP contribution in [0.1, 0.15) is 62.0 Å². The standard InChI is InChI=1S/C49H58N2O8S/c1-4-27-58-49-45(51(48(54)55-2)33-36-18-14-17-34-15-8-9-21-39(34)36)32-43(50-56-3)41-30-35(16-10-12-25-52)40(22-11-13-26-53)46(47(41)49)42-31-37(23-24-44(42)59-49)57-28-29-60-38-19-6-5-7-20-38/h4-9,14-15,17-21,23-24,30-31,35,40,45-47,52-53H,1,10-13,16,22,25-29,32-33H2,2-3H3/t35-,40+,45-,46+,47+,49+/m0/s1. The Kier molecular flexibility index (Phi) is 14.9. The Morgan fingerprint density at radius 1 is 0.967 bits per heavy atom. The summed E-state index contributed by atoms with van der Waals surface area (Å²) < 4.78 is 26.5. The summed E-state index contributed by atoms with van der Waals surface area (Å²) in [5, 5.41) is 26.6. The molecule has 1 fully saturated rings. The molecule has 6 atom stereocenters. The monoisotopic (exact) mass is 834 g/mol. The predicted octanol–water partition coefficient (Wildman–Crippen LogP) is 9.54. The fourth-order valence-corrected chi connectivity index (χ4v) is 10.5. The Balaban J connectivity index is 1.38. The Morgan fingerprint density at radius 3 is 2.50 bits per heavy atom. The number of ether oxygens (including phenoxy) is 4. The van der Waals surface area contributed by atoms with Crippen LogP contribution in [0, 0.1) is 17.8 Å². The minimum Gasteiger partial charge on any atom is -0.493 e. The molecule has 0 radical (unpaired) electrons. The number of aliphatic hydroxyl groups is 2. The van der Waals surface area contributed by atoms with E-state index in [0.717, 1.165) is 70.4 Å². The molecule has 0 bridgehead atoms. The molecule has 0 aromatic heterocycles. The lowest BCUT2D eigenvalue weighted by Gasteiger charge is -2.59. The summed E-state index contributed by atoms with van der Waals surface area (Å²) in [4.78, 5) is 22.9. The smallest absolute Gasteiger partial charge is 0.410 e. The fraction of sp³-hybridized carbons (Fsp3) is 0.429. The van der Waals surface area contributed by atoms with Crippen LogP contribution in [0.3, 0.4) is 0 Å². The van der Waals surface area contributed by atoms with Crippen LogP contribution >= 0.6 is 11.8 Å². The fourth-order valence-electron chi connectivity index (χ4n) is 9.72. The molecule has 10 nitrogen and oxygen atoms in total. The normalized spacial score (nSPS) is 23.5. The van der Waals surface area contributed by atoms with Crippen LogP contribution in [-0.2, 0) is 20.9 Å². The number of nitrogens with zero attached hydrogens (tertiary/aromatic N) is 2. The van der Waals surface area contributed by atoms with Gasteiger partial charge in [0.2, 0.25) is 5.79 Å². The maximum absolute atomic E-state index is 14.3. The third-order valence-electron chi connectivity index (χ3n) is 12.2. The molecule has 3 aliphatic rings. The van der Waals surface area contributed by atoms with E-state index < -0.39 is 23.8 Å². The summed E-state index contributed by atoms with van der Waals surface area (Å²) in [6, 6.07) is 29.9. The number of thioether (sulfide) groups is 1. The maximum atomic E-state index is 14.3. The molecular formula is C49H58N2O8S. The second-order valence-corrected chi connectivity index (χ2v) is 16.9. The number of allylic oxidation sites excluding steroid dienone is 1. The molecule has 0 saturated heterocycles. The van der Waals surface area contributed by atoms with Crippen molar-refractivity contribution in [3.63, 3.8) is 0 Å². The Morgan fingerprint density at radius 2 is 1.73 bits per heavy atom. The average Bonchev–Trinajstić information content (AvgIpc) is 3.28. The van der Waals surface area contributed by atoms with Gasteiger partial charge in [-0.25, -0.2) is 4.79 Å². The van der Waals surface area contributed by atoms with Crippen molar-refractivity contribution in [2.45, 2.75) is 74.1 Å². The largest absolute Gasteiger partial charge is 0.493 e. The molecule has 7 rings (SSSR count). The number of amides is 1. The summed E-state index contributed by atoms with van der Waals surface area (Å²) in [6.45, 7) is 5.18. The Hall–Kier alpha value is -4.81. The number of fused-ring (bicyclic) bond motifs is 3. The van der Waals surface area contributed by atoms with Crippen LogP contribution in [0.15, 0.2) is 125 Å². The summed E-state index contributed by atoms with van der Waals surface area (Å²) in [5.41, 5.74) is 3.66. The topological polar surface area (TPSA) is 119 Å². The van der Waals surface area contributed by atoms with Crippen LogP contribution < -0.4 is 9.47 Å². The molecule has 4 aromatic carbocycles. The van der Waals surface area contributed by atoms with Gasteiger partial charge < -0.3 is 34.0 Å². The van der Waals surface area contributed by atoms with E-state index in [1.807, 2.05) is 54.6 Å². The van der Waals surface area contributed by atoms with Gasteiger partial charge in [0, 0.05) is 41.8 Å². The number of oxime groups is 1. The summed E-state index contributed by atoms with van der Waals surface area (Å²) >= 11 is 1.75. The van der Waals surface area contributed by atoms with Gasteiger partial charge in [-0.15, -0.1) is 18.3 Å². The lowest BCUT2D eigenvalue weighted by molar-refractivity contribution is -0.256. The van der Waals surface area contributed by atoms with Gasteiger partial charge in [0.15, 0.2) is 0 Å². The number of carbonyl (C=O) groups is 1. The van der Waals surface area contributed by atoms with Crippen molar-refractivity contribution < 1.29 is 38.8 Å². The second kappa shape index (κ2) is 20.6. The van der Waals surface area contributed by atoms with Crippen LogP contribution in [0.4, 0.5) is 4.79 Å². The number of hydrogen-bond donors (Lipinski definition) is 2. The first kappa shape index (κ1) is 43.3. The summed E-state index contributed by atoms with van der Waals surface area (Å²) in [7, 11) is 2.96. The quantitative estimate of drug-likeness (QED) is 0.0389. The highest BCUT2D eigenvalue weighted by atomic mass is 32.2. The van der Waals surface area contributed by atoms with Gasteiger partial charge in [0.1, 0.15) is 24.7 Å². The van der Waals surface area contributed by atoms with Crippen molar-refractivity contribution in [1.29, 1.82) is 0 Å². The first-order valence-corrected chi connectivity index (χ1v) is 22.2. The molecule has 1 saturated carbocycles. The number of rotatable bonds is 20. The van der Waals surface area contributed by atoms with Crippen LogP contribution in [-0.4, -0.2) is 85.1 Å². The number of carbonyl (C=O) groups excluding carboxylic acids is 1. The zero-order valence-electron chi connectivity index (χ0n) is 34.7. The third kappa shape index (κ3) is 9.24. The Bertz CT molecular complexity index is 2120. The molecular weight excluding hydrogens is 777 g/mol. The van der Waals surface area contributed by atoms with E-state index in [0.29, 0.717) is 25.2 Å². The Labute approximate surface area is 358 Å². The van der Waals surface area contributed by atoms with Gasteiger partial charge in [-0.1, -0.05) is 90.8 Å². The van der Waals surface area contributed by atoms with E-state index in [9.17, 15) is 15.0 Å². The number of unbranched alkanes of at least 4 members (excludes halogenated alkanes) is 2. The molecule has 1 amide bonds. The molecule has 0 spiro atoms. The highest BCUT2D eigenvalue weighted by molar-refractivity contribution is 7.99. The van der Waals surface area contributed by atoms with Crippen molar-refractivity contribution in [3.05, 3.63) is 126 Å². The first-order valence-electron chi connectivity index (χ1n) is 21.2. The van der Waals surface area contributed by atoms with Crippen molar-refractivity contribution >= 4 is 34.3 Å². The van der Waals surface area contributed by atoms with Crippen LogP contribution in [0.2, 0.25) is 0 Å². The predicted molar refractivity (Wildman–Crippen MR) is 237 cm³/mol. The lowest BCUT2D eigenvalue weighted by Crippen LogP contribution is -2.70. The molecule has 2 N–H and O–H groups in total. The highest BCUT2D eigenvalue weighted by Crippen LogP contribution is 2.62. The van der Waals surface area contributed by atoms with E-state index >= 15 is 0 Å². The second-order valence-electron chi connectivity index (χ2n) is 15.7. The first-order chi connectivity index (χ1) is 29.5. The number of benzene rings is 4. The van der Waals surface area contributed by atoms with Crippen molar-refractivity contribution in [1.82, 2.24) is 4.90 Å². The minimum atomic E-state index is -1.40. The van der Waals surface area contributed by atoms with Crippen molar-refractivity contribution in [2.24, 2.45) is 22.9 Å². The molecule has 1 aliphatic heterocycles. The van der Waals surface area contributed by atoms with Gasteiger partial charge in [0.05, 0.1) is 38.5 Å². The summed E-state index contributed by atoms with van der Waals surface area (Å²) in [6.07, 6.45) is 8.57. The zero-order chi connectivity index (χ0) is 41.9. The highest BCUT2D eigenvalue weighted by Gasteiger charge is 2.65. The molecule has 0 unspecified atom stereocenters. The molecule has 2 aliphatic carbocycles. The van der Waals surface area contributed by atoms with Crippen LogP contribution in [0.5, 0.6) is 11.5 Å². The maximum Gasteiger partial charge on any atom is 0.410 e. The van der Waals surface area contributed by atoms with Crippen LogP contribution in [0.25, 0.3) is 10.8 Å². The molecule has 60 heavy (non-hydrogen) atoms. The molecule has 11 heteroatoms. The van der Waals surface area contributed by atoms with Gasteiger partial charge in [-0.05, 0) is 89.8 Å². The van der Waals surface area contributed by atoms with Crippen molar-refractivity contribution in [2.75, 3.05) is 46.4 Å². The third-order valence-corrected chi connectivity index (χ3v) is 13.2. The minimum absolute atomic E-state index is 0.0921. The zero-order valence-corrected chi connectivity index (χ0v) is 35.6. The van der Waals surface area contributed by atoms with Gasteiger partial charge in [-0.3, -0.25) is 4.90 Å². The van der Waals surface area contributed by atoms with E-state index in [1.54, 1.807) is 29.8 Å². The van der Waals surface area contributed by atoms with Gasteiger partial charge in [0.25, 0.3) is 0 Å². The van der Waals surface area contributed by atoms with E-state index in [1.165, 1.54) is 12.0 Å². The number of hydrogen-bond acceptors (Lipinski definition) is 10. The summed E-state index contributed by atoms with van der Waals surface area (Å²) in [5.74, 6) is 0.406. The molecule has 1 heterocycles. The molecule has 4 aromatic rings. The van der Waals surface area contributed by atoms with Crippen molar-refractivity contribution in [3.8, 4) is 11.5 Å². The van der Waals surface area contributed by atoms with E-state index in [2.05, 4.69) is 49.1 Å². The van der Waals surface area contributed by atoms with E-state index in [-0.39, 0.29) is 50.5 Å². The average molecular weight is 835 g/mol. The number of aliphatic hydroxyl groups excluding tert-OH is 2. The molecule has 318 valence electrons. The lowest BCUT2D eigenvalue weighted by atomic mass is 9.55. The van der Waals surface area contributed by atoms with Gasteiger partial charge >= 0.3 is 6.09 Å². The number of methoxy groups -OCH3 is 1. The van der Waals surface area contributed by atoms with E-state index in [4.69, 9.17) is 28.9 Å². The SMILES string of the molecule is C=CCO[C@@]12Oc3ccc(OCCSc4ccccc4)cc3[C@H]3[C@H](CCCCO)[C@@H](CCCCO)C=C(C(=NOC)C[C@@H]1N(Cc1cccc4ccccc14)C(=O)OC)[C@H]32. The van der Waals surface area contributed by atoms with Gasteiger partial charge in [-0.2, -0.15) is 0 Å².